The quantitative estimate of drug-likeness (QED) is 0.875. The molecular weight excluding hydrogens is 296 g/mol. The van der Waals surface area contributed by atoms with Crippen molar-refractivity contribution < 1.29 is 9.53 Å². The van der Waals surface area contributed by atoms with Crippen molar-refractivity contribution in [2.24, 2.45) is 11.7 Å². The number of carbonyl (C=O) groups excluding carboxylic acids is 1. The first-order valence-electron chi connectivity index (χ1n) is 6.04. The van der Waals surface area contributed by atoms with Gasteiger partial charge in [-0.15, -0.1) is 0 Å². The molecule has 2 rings (SSSR count). The van der Waals surface area contributed by atoms with Crippen molar-refractivity contribution in [3.63, 3.8) is 0 Å². The summed E-state index contributed by atoms with van der Waals surface area (Å²) in [4.78, 5) is 11.6. The minimum absolute atomic E-state index is 0.109. The summed E-state index contributed by atoms with van der Waals surface area (Å²) in [6.45, 7) is 0.822. The number of carbonyl (C=O) groups is 1. The number of rotatable bonds is 5. The fourth-order valence-corrected chi connectivity index (χ4v) is 2.19. The lowest BCUT2D eigenvalue weighted by Crippen LogP contribution is -2.37. The standard InChI is InChI=1S/C13H17BrN2O2/c14-10-1-3-11(4-2-10)16-13(17)8-18-12-5-9(6-12)7-15/h1-4,9,12H,5-8,15H2,(H,16,17). The Morgan fingerprint density at radius 1 is 1.39 bits per heavy atom. The highest BCUT2D eigenvalue weighted by molar-refractivity contribution is 9.10. The third-order valence-electron chi connectivity index (χ3n) is 3.10. The van der Waals surface area contributed by atoms with Gasteiger partial charge in [0, 0.05) is 10.2 Å². The maximum atomic E-state index is 11.6. The number of nitrogens with two attached hydrogens (primary N) is 1. The third kappa shape index (κ3) is 3.80. The molecule has 1 aliphatic carbocycles. The first kappa shape index (κ1) is 13.5. The Hall–Kier alpha value is -0.910. The molecule has 98 valence electrons. The van der Waals surface area contributed by atoms with E-state index < -0.39 is 0 Å². The van der Waals surface area contributed by atoms with Gasteiger partial charge in [-0.2, -0.15) is 0 Å². The van der Waals surface area contributed by atoms with Gasteiger partial charge in [-0.3, -0.25) is 4.79 Å². The van der Waals surface area contributed by atoms with Gasteiger partial charge in [0.15, 0.2) is 0 Å². The van der Waals surface area contributed by atoms with Crippen molar-refractivity contribution in [2.75, 3.05) is 18.5 Å². The van der Waals surface area contributed by atoms with Gasteiger partial charge in [0.25, 0.3) is 0 Å². The lowest BCUT2D eigenvalue weighted by Gasteiger charge is -2.33. The number of hydrogen-bond acceptors (Lipinski definition) is 3. The van der Waals surface area contributed by atoms with E-state index in [2.05, 4.69) is 21.2 Å². The normalized spacial score (nSPS) is 22.3. The highest BCUT2D eigenvalue weighted by Crippen LogP contribution is 2.28. The van der Waals surface area contributed by atoms with Crippen LogP contribution < -0.4 is 11.1 Å². The molecule has 1 amide bonds. The molecule has 1 fully saturated rings. The van der Waals surface area contributed by atoms with E-state index in [0.29, 0.717) is 12.5 Å². The number of benzene rings is 1. The summed E-state index contributed by atoms with van der Waals surface area (Å²) in [7, 11) is 0. The number of anilines is 1. The topological polar surface area (TPSA) is 64.3 Å². The number of nitrogens with one attached hydrogen (secondary N) is 1. The molecule has 1 aromatic carbocycles. The molecule has 5 heteroatoms. The molecule has 4 nitrogen and oxygen atoms in total. The largest absolute Gasteiger partial charge is 0.368 e. The molecule has 0 spiro atoms. The lowest BCUT2D eigenvalue weighted by molar-refractivity contribution is -0.125. The van der Waals surface area contributed by atoms with Gasteiger partial charge in [-0.05, 0) is 49.6 Å². The molecule has 0 bridgehead atoms. The molecule has 0 unspecified atom stereocenters. The van der Waals surface area contributed by atoms with Gasteiger partial charge in [-0.25, -0.2) is 0 Å². The first-order valence-corrected chi connectivity index (χ1v) is 6.83. The molecule has 0 aromatic heterocycles. The van der Waals surface area contributed by atoms with Crippen LogP contribution in [0.3, 0.4) is 0 Å². The van der Waals surface area contributed by atoms with Gasteiger partial charge in [0.05, 0.1) is 6.10 Å². The van der Waals surface area contributed by atoms with E-state index in [1.165, 1.54) is 0 Å². The van der Waals surface area contributed by atoms with Crippen LogP contribution >= 0.6 is 15.9 Å². The smallest absolute Gasteiger partial charge is 0.250 e. The van der Waals surface area contributed by atoms with E-state index in [4.69, 9.17) is 10.5 Å². The molecule has 1 saturated carbocycles. The second-order valence-electron chi connectivity index (χ2n) is 4.56. The summed E-state index contributed by atoms with van der Waals surface area (Å²) in [5.41, 5.74) is 6.31. The zero-order valence-electron chi connectivity index (χ0n) is 10.1. The van der Waals surface area contributed by atoms with Crippen molar-refractivity contribution in [1.29, 1.82) is 0 Å². The minimum Gasteiger partial charge on any atom is -0.368 e. The average Bonchev–Trinajstić information content (AvgIpc) is 2.30. The van der Waals surface area contributed by atoms with Crippen LogP contribution in [0.25, 0.3) is 0 Å². The van der Waals surface area contributed by atoms with E-state index in [-0.39, 0.29) is 18.6 Å². The van der Waals surface area contributed by atoms with E-state index >= 15 is 0 Å². The Labute approximate surface area is 115 Å². The molecule has 0 saturated heterocycles. The fourth-order valence-electron chi connectivity index (χ4n) is 1.93. The van der Waals surface area contributed by atoms with Crippen LogP contribution in [0, 0.1) is 5.92 Å². The van der Waals surface area contributed by atoms with E-state index in [0.717, 1.165) is 23.0 Å². The molecule has 1 aliphatic rings. The second-order valence-corrected chi connectivity index (χ2v) is 5.48. The first-order chi connectivity index (χ1) is 8.67. The van der Waals surface area contributed by atoms with E-state index in [9.17, 15) is 4.79 Å². The Balaban J connectivity index is 1.68. The predicted molar refractivity (Wildman–Crippen MR) is 74.3 cm³/mol. The van der Waals surface area contributed by atoms with Gasteiger partial charge in [-0.1, -0.05) is 15.9 Å². The van der Waals surface area contributed by atoms with Gasteiger partial charge >= 0.3 is 0 Å². The summed E-state index contributed by atoms with van der Waals surface area (Å²) in [5.74, 6) is 0.457. The molecule has 0 atom stereocenters. The zero-order valence-corrected chi connectivity index (χ0v) is 11.7. The summed E-state index contributed by atoms with van der Waals surface area (Å²) < 4.78 is 6.48. The SMILES string of the molecule is NCC1CC(OCC(=O)Nc2ccc(Br)cc2)C1. The van der Waals surface area contributed by atoms with Crippen LogP contribution in [0.2, 0.25) is 0 Å². The van der Waals surface area contributed by atoms with Crippen LogP contribution in [-0.2, 0) is 9.53 Å². The summed E-state index contributed by atoms with van der Waals surface area (Å²) in [6.07, 6.45) is 2.15. The summed E-state index contributed by atoms with van der Waals surface area (Å²) >= 11 is 3.34. The van der Waals surface area contributed by atoms with Crippen molar-refractivity contribution in [3.8, 4) is 0 Å². The van der Waals surface area contributed by atoms with Crippen molar-refractivity contribution in [1.82, 2.24) is 0 Å². The summed E-state index contributed by atoms with van der Waals surface area (Å²) in [5, 5.41) is 2.79. The van der Waals surface area contributed by atoms with Gasteiger partial charge in [0.1, 0.15) is 6.61 Å². The van der Waals surface area contributed by atoms with E-state index in [1.807, 2.05) is 24.3 Å². The van der Waals surface area contributed by atoms with E-state index in [1.54, 1.807) is 0 Å². The van der Waals surface area contributed by atoms with Crippen LogP contribution in [-0.4, -0.2) is 25.2 Å². The molecule has 0 aliphatic heterocycles. The fraction of sp³-hybridized carbons (Fsp3) is 0.462. The van der Waals surface area contributed by atoms with Crippen LogP contribution in [0.5, 0.6) is 0 Å². The maximum absolute atomic E-state index is 11.6. The number of halogens is 1. The number of ether oxygens (including phenoxy) is 1. The van der Waals surface area contributed by atoms with Crippen molar-refractivity contribution in [2.45, 2.75) is 18.9 Å². The Bertz CT molecular complexity index is 402. The zero-order chi connectivity index (χ0) is 13.0. The monoisotopic (exact) mass is 312 g/mol. The lowest BCUT2D eigenvalue weighted by atomic mass is 9.82. The highest BCUT2D eigenvalue weighted by atomic mass is 79.9. The van der Waals surface area contributed by atoms with Crippen LogP contribution in [0.4, 0.5) is 5.69 Å². The minimum atomic E-state index is -0.117. The maximum Gasteiger partial charge on any atom is 0.250 e. The van der Waals surface area contributed by atoms with Crippen LogP contribution in [0.15, 0.2) is 28.7 Å². The molecule has 18 heavy (non-hydrogen) atoms. The van der Waals surface area contributed by atoms with Crippen molar-refractivity contribution in [3.05, 3.63) is 28.7 Å². The van der Waals surface area contributed by atoms with Crippen LogP contribution in [0.1, 0.15) is 12.8 Å². The Morgan fingerprint density at radius 3 is 2.67 bits per heavy atom. The Kier molecular flexibility index (Phi) is 4.74. The average molecular weight is 313 g/mol. The molecular formula is C13H17BrN2O2. The Morgan fingerprint density at radius 2 is 2.06 bits per heavy atom. The third-order valence-corrected chi connectivity index (χ3v) is 3.63. The molecule has 3 N–H and O–H groups in total. The van der Waals surface area contributed by atoms with Gasteiger partial charge in [0.2, 0.25) is 5.91 Å². The highest BCUT2D eigenvalue weighted by Gasteiger charge is 2.28. The predicted octanol–water partition coefficient (Wildman–Crippen LogP) is 2.14. The second kappa shape index (κ2) is 6.31. The molecule has 0 heterocycles. The molecule has 0 radical (unpaired) electrons. The molecule has 1 aromatic rings. The summed E-state index contributed by atoms with van der Waals surface area (Å²) in [6, 6.07) is 7.45. The number of hydrogen-bond donors (Lipinski definition) is 2. The van der Waals surface area contributed by atoms with Gasteiger partial charge < -0.3 is 15.8 Å². The van der Waals surface area contributed by atoms with Crippen molar-refractivity contribution >= 4 is 27.5 Å². The number of amides is 1.